The minimum Gasteiger partial charge on any atom is -0.490 e. The van der Waals surface area contributed by atoms with Crippen molar-refractivity contribution in [2.75, 3.05) is 64.6 Å². The van der Waals surface area contributed by atoms with Crippen LogP contribution in [0.5, 0.6) is 5.75 Å². The summed E-state index contributed by atoms with van der Waals surface area (Å²) in [7, 11) is 1.75. The maximum atomic E-state index is 10.2. The molecular formula is C33H48N2O6. The molecule has 8 heteroatoms. The minimum absolute atomic E-state index is 0.0493. The Bertz CT molecular complexity index is 1060. The normalized spacial score (nSPS) is 23.2. The van der Waals surface area contributed by atoms with Crippen LogP contribution in [-0.2, 0) is 32.2 Å². The summed E-state index contributed by atoms with van der Waals surface area (Å²) in [5, 5.41) is 13.7. The van der Waals surface area contributed by atoms with E-state index < -0.39 is 6.10 Å². The van der Waals surface area contributed by atoms with Gasteiger partial charge in [-0.05, 0) is 60.4 Å². The largest absolute Gasteiger partial charge is 0.490 e. The Morgan fingerprint density at radius 1 is 1.02 bits per heavy atom. The van der Waals surface area contributed by atoms with E-state index in [0.29, 0.717) is 32.8 Å². The molecule has 2 fully saturated rings. The zero-order chi connectivity index (χ0) is 28.4. The molecule has 2 aromatic rings. The Morgan fingerprint density at radius 2 is 1.80 bits per heavy atom. The summed E-state index contributed by atoms with van der Waals surface area (Å²) < 4.78 is 30.0. The summed E-state index contributed by atoms with van der Waals surface area (Å²) in [4.78, 5) is 2.38. The number of rotatable bonds is 16. The Balaban J connectivity index is 1.27. The van der Waals surface area contributed by atoms with E-state index >= 15 is 0 Å². The molecule has 41 heavy (non-hydrogen) atoms. The molecule has 4 atom stereocenters. The van der Waals surface area contributed by atoms with Crippen molar-refractivity contribution in [2.45, 2.75) is 70.1 Å². The third-order valence-corrected chi connectivity index (χ3v) is 8.37. The van der Waals surface area contributed by atoms with Crippen LogP contribution in [0.1, 0.15) is 55.2 Å². The molecule has 8 nitrogen and oxygen atoms in total. The minimum atomic E-state index is -0.465. The van der Waals surface area contributed by atoms with Gasteiger partial charge in [0, 0.05) is 45.9 Å². The zero-order valence-corrected chi connectivity index (χ0v) is 24.8. The Hall–Kier alpha value is -2.20. The first-order valence-corrected chi connectivity index (χ1v) is 15.4. The second-order valence-electron chi connectivity index (χ2n) is 11.7. The highest BCUT2D eigenvalue weighted by molar-refractivity contribution is 5.61. The predicted octanol–water partition coefficient (Wildman–Crippen LogP) is 4.28. The van der Waals surface area contributed by atoms with E-state index in [9.17, 15) is 5.11 Å². The molecule has 1 saturated heterocycles. The van der Waals surface area contributed by atoms with Gasteiger partial charge < -0.3 is 39.0 Å². The monoisotopic (exact) mass is 568 g/mol. The van der Waals surface area contributed by atoms with Crippen molar-refractivity contribution < 1.29 is 28.8 Å². The van der Waals surface area contributed by atoms with Gasteiger partial charge in [-0.15, -0.1) is 0 Å². The van der Waals surface area contributed by atoms with Crippen molar-refractivity contribution in [1.82, 2.24) is 5.32 Å². The van der Waals surface area contributed by atoms with Gasteiger partial charge >= 0.3 is 0 Å². The van der Waals surface area contributed by atoms with Gasteiger partial charge in [0.25, 0.3) is 0 Å². The van der Waals surface area contributed by atoms with Crippen molar-refractivity contribution in [3.8, 4) is 5.75 Å². The molecule has 226 valence electrons. The molecule has 0 amide bonds. The van der Waals surface area contributed by atoms with Crippen LogP contribution in [0.25, 0.3) is 0 Å². The van der Waals surface area contributed by atoms with Gasteiger partial charge in [-0.2, -0.15) is 0 Å². The summed E-state index contributed by atoms with van der Waals surface area (Å²) in [5.74, 6) is 1.74. The van der Waals surface area contributed by atoms with Crippen LogP contribution in [0.3, 0.4) is 0 Å². The molecule has 0 unspecified atom stereocenters. The van der Waals surface area contributed by atoms with Crippen molar-refractivity contribution in [1.29, 1.82) is 0 Å². The third-order valence-electron chi connectivity index (χ3n) is 8.37. The quantitative estimate of drug-likeness (QED) is 0.291. The highest BCUT2D eigenvalue weighted by Gasteiger charge is 2.36. The summed E-state index contributed by atoms with van der Waals surface area (Å²) in [6, 6.07) is 15.1. The van der Waals surface area contributed by atoms with E-state index in [1.165, 1.54) is 24.0 Å². The lowest BCUT2D eigenvalue weighted by atomic mass is 9.85. The van der Waals surface area contributed by atoms with Gasteiger partial charge in [-0.25, -0.2) is 0 Å². The van der Waals surface area contributed by atoms with E-state index in [-0.39, 0.29) is 18.1 Å². The fourth-order valence-corrected chi connectivity index (χ4v) is 5.68. The first-order valence-electron chi connectivity index (χ1n) is 15.4. The van der Waals surface area contributed by atoms with Crippen LogP contribution in [-0.4, -0.2) is 83.1 Å². The van der Waals surface area contributed by atoms with E-state index in [1.54, 1.807) is 7.11 Å². The van der Waals surface area contributed by atoms with Gasteiger partial charge in [0.2, 0.25) is 0 Å². The summed E-state index contributed by atoms with van der Waals surface area (Å²) in [6.07, 6.45) is 3.62. The standard InChI is InChI=1S/C33H48N2O6/c1-3-28(36)23-41-32-19-34-18-31(33(32)27-10-7-25(8-11-27)21-38-20-24-5-6-24)40-22-26-9-12-30-29(17-26)35(14-16-39-30)13-4-15-37-2/h7-12,17,24,28,31-34,36H,3-6,13-16,18-23H2,1-2H3/t28-,31+,32-,33-/m1/s1. The van der Waals surface area contributed by atoms with E-state index in [4.69, 9.17) is 23.7 Å². The van der Waals surface area contributed by atoms with Crippen LogP contribution in [0.4, 0.5) is 5.69 Å². The second-order valence-corrected chi connectivity index (χ2v) is 11.7. The third kappa shape index (κ3) is 8.66. The molecule has 0 aromatic heterocycles. The van der Waals surface area contributed by atoms with Crippen molar-refractivity contribution in [3.05, 3.63) is 59.2 Å². The zero-order valence-electron chi connectivity index (χ0n) is 24.8. The number of ether oxygens (including phenoxy) is 5. The lowest BCUT2D eigenvalue weighted by Crippen LogP contribution is -2.51. The maximum Gasteiger partial charge on any atom is 0.142 e. The first kappa shape index (κ1) is 30.3. The predicted molar refractivity (Wildman–Crippen MR) is 160 cm³/mol. The number of hydrogen-bond donors (Lipinski definition) is 2. The molecule has 1 saturated carbocycles. The molecular weight excluding hydrogens is 520 g/mol. The number of hydrogen-bond acceptors (Lipinski definition) is 8. The van der Waals surface area contributed by atoms with E-state index in [2.05, 4.69) is 52.7 Å². The number of nitrogens with one attached hydrogen (secondary N) is 1. The van der Waals surface area contributed by atoms with Crippen molar-refractivity contribution in [3.63, 3.8) is 0 Å². The van der Waals surface area contributed by atoms with Crippen LogP contribution < -0.4 is 15.0 Å². The highest BCUT2D eigenvalue weighted by atomic mass is 16.5. The van der Waals surface area contributed by atoms with Crippen molar-refractivity contribution >= 4 is 5.69 Å². The molecule has 0 radical (unpaired) electrons. The van der Waals surface area contributed by atoms with E-state index in [1.807, 2.05) is 6.92 Å². The van der Waals surface area contributed by atoms with Crippen LogP contribution in [0.2, 0.25) is 0 Å². The van der Waals surface area contributed by atoms with Crippen LogP contribution in [0, 0.1) is 5.92 Å². The fraction of sp³-hybridized carbons (Fsp3) is 0.636. The topological polar surface area (TPSA) is 81.7 Å². The Morgan fingerprint density at radius 3 is 2.56 bits per heavy atom. The molecule has 2 heterocycles. The molecule has 5 rings (SSSR count). The lowest BCUT2D eigenvalue weighted by Gasteiger charge is -2.39. The lowest BCUT2D eigenvalue weighted by molar-refractivity contribution is -0.0777. The average Bonchev–Trinajstić information content (AvgIpc) is 3.84. The molecule has 2 N–H and O–H groups in total. The van der Waals surface area contributed by atoms with Crippen molar-refractivity contribution in [2.24, 2.45) is 5.92 Å². The number of aliphatic hydroxyl groups excluding tert-OH is 1. The average molecular weight is 569 g/mol. The smallest absolute Gasteiger partial charge is 0.142 e. The Labute approximate surface area is 245 Å². The number of piperidine rings is 1. The number of methoxy groups -OCH3 is 1. The summed E-state index contributed by atoms with van der Waals surface area (Å²) >= 11 is 0. The molecule has 2 aromatic carbocycles. The van der Waals surface area contributed by atoms with Crippen LogP contribution in [0.15, 0.2) is 42.5 Å². The van der Waals surface area contributed by atoms with Gasteiger partial charge in [0.1, 0.15) is 12.4 Å². The number of fused-ring (bicyclic) bond motifs is 1. The molecule has 1 aliphatic carbocycles. The second kappa shape index (κ2) is 15.3. The number of nitrogens with zero attached hydrogens (tertiary/aromatic N) is 1. The molecule has 2 aliphatic heterocycles. The molecule has 0 bridgehead atoms. The first-order chi connectivity index (χ1) is 20.1. The number of benzene rings is 2. The molecule has 0 spiro atoms. The van der Waals surface area contributed by atoms with E-state index in [0.717, 1.165) is 68.7 Å². The van der Waals surface area contributed by atoms with Gasteiger partial charge in [0.15, 0.2) is 0 Å². The Kier molecular flexibility index (Phi) is 11.3. The SMILES string of the molecule is CC[C@@H](O)CO[C@@H]1CNC[C@H](OCc2ccc3c(c2)N(CCCOC)CCO3)[C@H]1c1ccc(COCC2CC2)cc1. The molecule has 3 aliphatic rings. The highest BCUT2D eigenvalue weighted by Crippen LogP contribution is 2.35. The van der Waals surface area contributed by atoms with Gasteiger partial charge in [-0.3, -0.25) is 0 Å². The summed E-state index contributed by atoms with van der Waals surface area (Å²) in [6.45, 7) is 9.03. The van der Waals surface area contributed by atoms with Gasteiger partial charge in [0.05, 0.1) is 50.4 Å². The van der Waals surface area contributed by atoms with Gasteiger partial charge in [-0.1, -0.05) is 37.3 Å². The fourth-order valence-electron chi connectivity index (χ4n) is 5.68. The number of aliphatic hydroxyl groups is 1. The number of anilines is 1. The maximum absolute atomic E-state index is 10.2. The summed E-state index contributed by atoms with van der Waals surface area (Å²) in [5.41, 5.74) is 4.63. The van der Waals surface area contributed by atoms with Crippen LogP contribution >= 0.6 is 0 Å².